The van der Waals surface area contributed by atoms with Crippen LogP contribution in [0, 0.1) is 11.3 Å². The smallest absolute Gasteiger partial charge is 0.166 e. The molecule has 0 unspecified atom stereocenters. The van der Waals surface area contributed by atoms with Crippen molar-refractivity contribution in [2.24, 2.45) is 0 Å². The van der Waals surface area contributed by atoms with Gasteiger partial charge in [0.2, 0.25) is 0 Å². The van der Waals surface area contributed by atoms with E-state index in [4.69, 9.17) is 25.8 Å². The second-order valence-electron chi connectivity index (χ2n) is 8.01. The number of rotatable bonds is 6. The highest BCUT2D eigenvalue weighted by molar-refractivity contribution is 6.30. The molecule has 2 aliphatic rings. The van der Waals surface area contributed by atoms with Crippen molar-refractivity contribution < 1.29 is 14.2 Å². The SMILES string of the molecule is COc1cccc([C@@H]2O[C@@H](CCC#N)c3nnc(C4CC4)n3-c3ccc(Cl)cc32)c1OC. The number of fused-ring (bicyclic) bond motifs is 3. The molecule has 0 N–H and O–H groups in total. The number of methoxy groups -OCH3 is 2. The Hall–Kier alpha value is -3.08. The number of halogens is 1. The Morgan fingerprint density at radius 2 is 1.94 bits per heavy atom. The molecule has 0 amide bonds. The molecular weight excluding hydrogens is 428 g/mol. The Bertz CT molecular complexity index is 1200. The van der Waals surface area contributed by atoms with Gasteiger partial charge in [-0.3, -0.25) is 4.57 Å². The van der Waals surface area contributed by atoms with Crippen molar-refractivity contribution in [1.29, 1.82) is 5.26 Å². The molecule has 5 rings (SSSR count). The van der Waals surface area contributed by atoms with Crippen LogP contribution < -0.4 is 9.47 Å². The molecule has 164 valence electrons. The molecular formula is C24H23ClN4O3. The molecule has 2 heterocycles. The van der Waals surface area contributed by atoms with Crippen LogP contribution in [0.1, 0.15) is 66.6 Å². The maximum atomic E-state index is 9.26. The fraction of sp³-hybridized carbons (Fsp3) is 0.375. The Morgan fingerprint density at radius 1 is 1.12 bits per heavy atom. The quantitative estimate of drug-likeness (QED) is 0.508. The Morgan fingerprint density at radius 3 is 2.66 bits per heavy atom. The first-order valence-corrected chi connectivity index (χ1v) is 11.0. The van der Waals surface area contributed by atoms with E-state index in [9.17, 15) is 5.26 Å². The van der Waals surface area contributed by atoms with Gasteiger partial charge in [-0.25, -0.2) is 0 Å². The Labute approximate surface area is 191 Å². The van der Waals surface area contributed by atoms with E-state index >= 15 is 0 Å². The molecule has 32 heavy (non-hydrogen) atoms. The average Bonchev–Trinajstić information content (AvgIpc) is 3.59. The van der Waals surface area contributed by atoms with E-state index < -0.39 is 12.2 Å². The maximum absolute atomic E-state index is 9.26. The third-order valence-electron chi connectivity index (χ3n) is 5.99. The minimum atomic E-state index is -0.494. The van der Waals surface area contributed by atoms with E-state index in [1.807, 2.05) is 36.4 Å². The molecule has 7 nitrogen and oxygen atoms in total. The second kappa shape index (κ2) is 8.45. The van der Waals surface area contributed by atoms with Crippen LogP contribution in [0.15, 0.2) is 36.4 Å². The van der Waals surface area contributed by atoms with E-state index in [1.165, 1.54) is 0 Å². The van der Waals surface area contributed by atoms with Gasteiger partial charge in [-0.15, -0.1) is 10.2 Å². The van der Waals surface area contributed by atoms with E-state index in [0.717, 1.165) is 41.3 Å². The van der Waals surface area contributed by atoms with Gasteiger partial charge in [0.15, 0.2) is 17.3 Å². The standard InChI is InChI=1S/C24H23ClN4O3/c1-30-19-6-3-5-16(22(19)31-2)21-17-13-15(25)10-11-18(17)29-23(14-8-9-14)27-28-24(29)20(32-21)7-4-12-26/h3,5-6,10-11,13-14,20-21H,4,7-9H2,1-2H3/t20-,21-/m0/s1. The summed E-state index contributed by atoms with van der Waals surface area (Å²) < 4.78 is 20.1. The molecule has 2 aromatic carbocycles. The second-order valence-corrected chi connectivity index (χ2v) is 8.45. The summed E-state index contributed by atoms with van der Waals surface area (Å²) >= 11 is 6.46. The summed E-state index contributed by atoms with van der Waals surface area (Å²) in [4.78, 5) is 0. The largest absolute Gasteiger partial charge is 0.493 e. The zero-order valence-corrected chi connectivity index (χ0v) is 18.7. The van der Waals surface area contributed by atoms with Gasteiger partial charge in [-0.2, -0.15) is 5.26 Å². The van der Waals surface area contributed by atoms with E-state index in [0.29, 0.717) is 35.3 Å². The van der Waals surface area contributed by atoms with Crippen molar-refractivity contribution in [3.8, 4) is 23.3 Å². The lowest BCUT2D eigenvalue weighted by Gasteiger charge is -2.24. The van der Waals surface area contributed by atoms with Crippen LogP contribution in [-0.4, -0.2) is 29.0 Å². The third kappa shape index (κ3) is 3.50. The van der Waals surface area contributed by atoms with Gasteiger partial charge < -0.3 is 14.2 Å². The third-order valence-corrected chi connectivity index (χ3v) is 6.23. The number of para-hydroxylation sites is 1. The van der Waals surface area contributed by atoms with Crippen LogP contribution in [0.5, 0.6) is 11.5 Å². The molecule has 1 aromatic heterocycles. The number of nitriles is 1. The lowest BCUT2D eigenvalue weighted by atomic mass is 9.98. The van der Waals surface area contributed by atoms with Gasteiger partial charge in [0, 0.05) is 28.5 Å². The first kappa shape index (κ1) is 20.8. The van der Waals surface area contributed by atoms with Crippen LogP contribution in [0.3, 0.4) is 0 Å². The predicted molar refractivity (Wildman–Crippen MR) is 118 cm³/mol. The fourth-order valence-electron chi connectivity index (χ4n) is 4.36. The van der Waals surface area contributed by atoms with Crippen molar-refractivity contribution in [1.82, 2.24) is 14.8 Å². The summed E-state index contributed by atoms with van der Waals surface area (Å²) in [5, 5.41) is 18.9. The number of aromatic nitrogens is 3. The summed E-state index contributed by atoms with van der Waals surface area (Å²) in [5.41, 5.74) is 2.65. The molecule has 3 aromatic rings. The zero-order valence-electron chi connectivity index (χ0n) is 17.9. The highest BCUT2D eigenvalue weighted by Gasteiger charge is 2.38. The number of ether oxygens (including phenoxy) is 3. The molecule has 0 radical (unpaired) electrons. The number of nitrogens with zero attached hydrogens (tertiary/aromatic N) is 4. The van der Waals surface area contributed by atoms with Gasteiger partial charge in [0.25, 0.3) is 0 Å². The summed E-state index contributed by atoms with van der Waals surface area (Å²) in [7, 11) is 3.23. The topological polar surface area (TPSA) is 82.2 Å². The summed E-state index contributed by atoms with van der Waals surface area (Å²) in [5.74, 6) is 3.26. The molecule has 1 aliphatic carbocycles. The minimum Gasteiger partial charge on any atom is -0.493 e. The normalized spacial score (nSPS) is 19.4. The van der Waals surface area contributed by atoms with Gasteiger partial charge in [0.1, 0.15) is 18.0 Å². The van der Waals surface area contributed by atoms with Gasteiger partial charge in [-0.1, -0.05) is 23.7 Å². The van der Waals surface area contributed by atoms with Crippen molar-refractivity contribution in [2.45, 2.75) is 43.8 Å². The summed E-state index contributed by atoms with van der Waals surface area (Å²) in [6.07, 6.45) is 2.13. The average molecular weight is 451 g/mol. The fourth-order valence-corrected chi connectivity index (χ4v) is 4.54. The lowest BCUT2D eigenvalue weighted by Crippen LogP contribution is -2.12. The maximum Gasteiger partial charge on any atom is 0.166 e. The molecule has 1 fully saturated rings. The number of benzene rings is 2. The van der Waals surface area contributed by atoms with Crippen LogP contribution in [0.4, 0.5) is 0 Å². The van der Waals surface area contributed by atoms with Crippen LogP contribution in [0.2, 0.25) is 5.02 Å². The summed E-state index contributed by atoms with van der Waals surface area (Å²) in [6, 6.07) is 13.7. The van der Waals surface area contributed by atoms with E-state index in [2.05, 4.69) is 20.8 Å². The first-order valence-electron chi connectivity index (χ1n) is 10.6. The van der Waals surface area contributed by atoms with Crippen molar-refractivity contribution in [3.63, 3.8) is 0 Å². The number of hydrogen-bond acceptors (Lipinski definition) is 6. The number of hydrogen-bond donors (Lipinski definition) is 0. The molecule has 2 atom stereocenters. The highest BCUT2D eigenvalue weighted by Crippen LogP contribution is 2.48. The minimum absolute atomic E-state index is 0.343. The summed E-state index contributed by atoms with van der Waals surface area (Å²) in [6.45, 7) is 0. The molecule has 0 bridgehead atoms. The van der Waals surface area contributed by atoms with Crippen molar-refractivity contribution >= 4 is 11.6 Å². The van der Waals surface area contributed by atoms with Gasteiger partial charge in [0.05, 0.1) is 26.0 Å². The van der Waals surface area contributed by atoms with Gasteiger partial charge >= 0.3 is 0 Å². The first-order chi connectivity index (χ1) is 15.7. The van der Waals surface area contributed by atoms with Crippen LogP contribution in [0.25, 0.3) is 5.69 Å². The molecule has 0 spiro atoms. The van der Waals surface area contributed by atoms with E-state index in [1.54, 1.807) is 14.2 Å². The lowest BCUT2D eigenvalue weighted by molar-refractivity contribution is -0.000788. The van der Waals surface area contributed by atoms with Crippen LogP contribution >= 0.6 is 11.6 Å². The highest BCUT2D eigenvalue weighted by atomic mass is 35.5. The Balaban J connectivity index is 1.75. The predicted octanol–water partition coefficient (Wildman–Crippen LogP) is 5.28. The monoisotopic (exact) mass is 450 g/mol. The van der Waals surface area contributed by atoms with E-state index in [-0.39, 0.29) is 0 Å². The molecule has 1 aliphatic heterocycles. The molecule has 0 saturated heterocycles. The van der Waals surface area contributed by atoms with Crippen molar-refractivity contribution in [2.75, 3.05) is 14.2 Å². The molecule has 1 saturated carbocycles. The van der Waals surface area contributed by atoms with Crippen molar-refractivity contribution in [3.05, 3.63) is 64.2 Å². The van der Waals surface area contributed by atoms with Gasteiger partial charge in [-0.05, 0) is 43.5 Å². The zero-order chi connectivity index (χ0) is 22.2. The molecule has 8 heteroatoms. The van der Waals surface area contributed by atoms with Crippen LogP contribution in [-0.2, 0) is 4.74 Å². The Kier molecular flexibility index (Phi) is 5.50.